The molecule has 1 aliphatic heterocycles. The lowest BCUT2D eigenvalue weighted by molar-refractivity contribution is -0.115. The Hall–Kier alpha value is -1.60. The van der Waals surface area contributed by atoms with Crippen LogP contribution < -0.4 is 15.5 Å². The topological polar surface area (TPSA) is 78.5 Å². The van der Waals surface area contributed by atoms with Crippen molar-refractivity contribution in [1.29, 1.82) is 0 Å². The molecule has 0 bridgehead atoms. The van der Waals surface area contributed by atoms with E-state index in [-0.39, 0.29) is 0 Å². The van der Waals surface area contributed by atoms with E-state index in [2.05, 4.69) is 15.5 Å². The number of hydrogen-bond donors (Lipinski definition) is 2. The van der Waals surface area contributed by atoms with Crippen LogP contribution >= 0.6 is 0 Å². The summed E-state index contributed by atoms with van der Waals surface area (Å²) in [6, 6.07) is 7.46. The Morgan fingerprint density at radius 3 is 2.33 bits per heavy atom. The molecule has 2 rings (SSSR count). The van der Waals surface area contributed by atoms with E-state index in [1.54, 1.807) is 12.1 Å². The summed E-state index contributed by atoms with van der Waals surface area (Å²) < 4.78 is 22.7. The third kappa shape index (κ3) is 4.18. The van der Waals surface area contributed by atoms with E-state index in [4.69, 9.17) is 0 Å². The van der Waals surface area contributed by atoms with Crippen molar-refractivity contribution >= 4 is 27.1 Å². The normalized spacial score (nSPS) is 17.3. The third-order valence-corrected chi connectivity index (χ3v) is 5.13. The van der Waals surface area contributed by atoms with Crippen LogP contribution in [0.3, 0.4) is 0 Å². The van der Waals surface area contributed by atoms with E-state index in [1.165, 1.54) is 6.92 Å². The van der Waals surface area contributed by atoms with Gasteiger partial charge in [-0.25, -0.2) is 8.42 Å². The second kappa shape index (κ2) is 6.44. The molecule has 1 aliphatic rings. The number of benzene rings is 1. The monoisotopic (exact) mass is 311 g/mol. The first-order valence-corrected chi connectivity index (χ1v) is 8.89. The highest BCUT2D eigenvalue weighted by molar-refractivity contribution is 7.92. The summed E-state index contributed by atoms with van der Waals surface area (Å²) in [4.78, 5) is 14.1. The Labute approximate surface area is 125 Å². The van der Waals surface area contributed by atoms with Gasteiger partial charge in [-0.05, 0) is 31.2 Å². The Kier molecular flexibility index (Phi) is 4.84. The van der Waals surface area contributed by atoms with Crippen LogP contribution in [0.15, 0.2) is 24.3 Å². The van der Waals surface area contributed by atoms with Crippen molar-refractivity contribution in [1.82, 2.24) is 5.32 Å². The number of piperazine rings is 1. The Bertz CT molecular complexity index is 592. The first-order valence-electron chi connectivity index (χ1n) is 6.93. The quantitative estimate of drug-likeness (QED) is 0.845. The molecule has 21 heavy (non-hydrogen) atoms. The SMILES string of the molecule is CC(C(=O)Nc1ccc(N2CCNCC2)cc1)S(C)(=O)=O. The summed E-state index contributed by atoms with van der Waals surface area (Å²) in [6.45, 7) is 5.22. The molecule has 0 aromatic heterocycles. The lowest BCUT2D eigenvalue weighted by Crippen LogP contribution is -2.43. The van der Waals surface area contributed by atoms with Crippen molar-refractivity contribution in [3.8, 4) is 0 Å². The van der Waals surface area contributed by atoms with E-state index >= 15 is 0 Å². The van der Waals surface area contributed by atoms with Gasteiger partial charge < -0.3 is 15.5 Å². The molecule has 6 nitrogen and oxygen atoms in total. The van der Waals surface area contributed by atoms with Gasteiger partial charge in [-0.3, -0.25) is 4.79 Å². The zero-order valence-electron chi connectivity index (χ0n) is 12.3. The van der Waals surface area contributed by atoms with Crippen LogP contribution in [0.1, 0.15) is 6.92 Å². The zero-order chi connectivity index (χ0) is 15.5. The fourth-order valence-corrected chi connectivity index (χ4v) is 2.56. The lowest BCUT2D eigenvalue weighted by Gasteiger charge is -2.29. The van der Waals surface area contributed by atoms with E-state index in [9.17, 15) is 13.2 Å². The van der Waals surface area contributed by atoms with Gasteiger partial charge in [-0.15, -0.1) is 0 Å². The van der Waals surface area contributed by atoms with E-state index in [1.807, 2.05) is 12.1 Å². The van der Waals surface area contributed by atoms with Gasteiger partial charge >= 0.3 is 0 Å². The van der Waals surface area contributed by atoms with Crippen molar-refractivity contribution in [2.45, 2.75) is 12.2 Å². The number of hydrogen-bond acceptors (Lipinski definition) is 5. The Balaban J connectivity index is 2.00. The Morgan fingerprint density at radius 2 is 1.81 bits per heavy atom. The van der Waals surface area contributed by atoms with Crippen LogP contribution in [-0.2, 0) is 14.6 Å². The molecule has 0 saturated carbocycles. The van der Waals surface area contributed by atoms with Crippen LogP contribution in [-0.4, -0.2) is 52.0 Å². The first kappa shape index (κ1) is 15.8. The average Bonchev–Trinajstić information content (AvgIpc) is 2.47. The van der Waals surface area contributed by atoms with Crippen molar-refractivity contribution in [3.63, 3.8) is 0 Å². The fraction of sp³-hybridized carbons (Fsp3) is 0.500. The summed E-state index contributed by atoms with van der Waals surface area (Å²) in [7, 11) is -3.37. The van der Waals surface area contributed by atoms with E-state index < -0.39 is 21.0 Å². The Morgan fingerprint density at radius 1 is 1.24 bits per heavy atom. The predicted octanol–water partition coefficient (Wildman–Crippen LogP) is 0.468. The summed E-state index contributed by atoms with van der Waals surface area (Å²) in [5.74, 6) is -0.507. The standard InChI is InChI=1S/C14H21N3O3S/c1-11(21(2,19)20)14(18)16-12-3-5-13(6-4-12)17-9-7-15-8-10-17/h3-6,11,15H,7-10H2,1-2H3,(H,16,18). The van der Waals surface area contributed by atoms with Crippen molar-refractivity contribution in [3.05, 3.63) is 24.3 Å². The number of sulfone groups is 1. The maximum atomic E-state index is 11.8. The van der Waals surface area contributed by atoms with E-state index in [0.29, 0.717) is 5.69 Å². The summed E-state index contributed by atoms with van der Waals surface area (Å²) >= 11 is 0. The number of anilines is 2. The summed E-state index contributed by atoms with van der Waals surface area (Å²) in [6.07, 6.45) is 1.06. The van der Waals surface area contributed by atoms with Crippen molar-refractivity contribution < 1.29 is 13.2 Å². The number of nitrogens with zero attached hydrogens (tertiary/aromatic N) is 1. The highest BCUT2D eigenvalue weighted by Crippen LogP contribution is 2.18. The largest absolute Gasteiger partial charge is 0.369 e. The van der Waals surface area contributed by atoms with Gasteiger partial charge in [-0.2, -0.15) is 0 Å². The fourth-order valence-electron chi connectivity index (χ4n) is 2.12. The first-order chi connectivity index (χ1) is 9.88. The summed E-state index contributed by atoms with van der Waals surface area (Å²) in [5, 5.41) is 4.87. The van der Waals surface area contributed by atoms with Crippen LogP contribution in [0.25, 0.3) is 0 Å². The van der Waals surface area contributed by atoms with Gasteiger partial charge in [0, 0.05) is 43.8 Å². The van der Waals surface area contributed by atoms with Crippen LogP contribution in [0.2, 0.25) is 0 Å². The molecule has 116 valence electrons. The highest BCUT2D eigenvalue weighted by atomic mass is 32.2. The zero-order valence-corrected chi connectivity index (χ0v) is 13.1. The van der Waals surface area contributed by atoms with Gasteiger partial charge in [0.2, 0.25) is 5.91 Å². The van der Waals surface area contributed by atoms with Gasteiger partial charge in [0.1, 0.15) is 5.25 Å². The summed E-state index contributed by atoms with van der Waals surface area (Å²) in [5.41, 5.74) is 1.71. The molecule has 1 aromatic carbocycles. The van der Waals surface area contributed by atoms with E-state index in [0.717, 1.165) is 38.1 Å². The van der Waals surface area contributed by atoms with Crippen LogP contribution in [0.4, 0.5) is 11.4 Å². The number of carbonyl (C=O) groups is 1. The molecule has 1 saturated heterocycles. The van der Waals surface area contributed by atoms with Crippen molar-refractivity contribution in [2.75, 3.05) is 42.7 Å². The predicted molar refractivity (Wildman–Crippen MR) is 84.5 cm³/mol. The molecule has 0 spiro atoms. The highest BCUT2D eigenvalue weighted by Gasteiger charge is 2.23. The molecule has 1 heterocycles. The molecule has 1 amide bonds. The minimum absolute atomic E-state index is 0.507. The second-order valence-corrected chi connectivity index (χ2v) is 7.61. The molecule has 1 fully saturated rings. The molecular weight excluding hydrogens is 290 g/mol. The maximum absolute atomic E-state index is 11.8. The molecule has 7 heteroatoms. The third-order valence-electron chi connectivity index (χ3n) is 3.63. The number of nitrogens with one attached hydrogen (secondary N) is 2. The number of carbonyl (C=O) groups excluding carboxylic acids is 1. The average molecular weight is 311 g/mol. The van der Waals surface area contributed by atoms with Gasteiger partial charge in [-0.1, -0.05) is 0 Å². The molecule has 0 radical (unpaired) electrons. The molecule has 1 atom stereocenters. The van der Waals surface area contributed by atoms with Gasteiger partial charge in [0.05, 0.1) is 0 Å². The number of amides is 1. The number of rotatable bonds is 4. The molecule has 2 N–H and O–H groups in total. The van der Waals surface area contributed by atoms with Crippen LogP contribution in [0, 0.1) is 0 Å². The second-order valence-electron chi connectivity index (χ2n) is 5.24. The molecule has 1 unspecified atom stereocenters. The minimum atomic E-state index is -3.37. The maximum Gasteiger partial charge on any atom is 0.242 e. The van der Waals surface area contributed by atoms with Crippen LogP contribution in [0.5, 0.6) is 0 Å². The smallest absolute Gasteiger partial charge is 0.242 e. The van der Waals surface area contributed by atoms with Gasteiger partial charge in [0.25, 0.3) is 0 Å². The minimum Gasteiger partial charge on any atom is -0.369 e. The molecule has 1 aromatic rings. The van der Waals surface area contributed by atoms with Crippen molar-refractivity contribution in [2.24, 2.45) is 0 Å². The molecule has 0 aliphatic carbocycles. The van der Waals surface area contributed by atoms with Gasteiger partial charge in [0.15, 0.2) is 9.84 Å². The lowest BCUT2D eigenvalue weighted by atomic mass is 10.2. The molecular formula is C14H21N3O3S.